The largest absolute Gasteiger partial charge is 0.497 e. The molecule has 0 bridgehead atoms. The van der Waals surface area contributed by atoms with Crippen LogP contribution in [-0.4, -0.2) is 60.0 Å². The molecule has 5 heteroatoms. The second kappa shape index (κ2) is 7.81. The van der Waals surface area contributed by atoms with Crippen LogP contribution < -0.4 is 4.74 Å². The zero-order chi connectivity index (χ0) is 18.0. The van der Waals surface area contributed by atoms with E-state index >= 15 is 0 Å². The topological polar surface area (TPSA) is 32.8 Å². The molecule has 1 spiro atoms. The molecule has 0 radical (unpaired) electrons. The Morgan fingerprint density at radius 1 is 1.23 bits per heavy atom. The van der Waals surface area contributed by atoms with Gasteiger partial charge < -0.3 is 9.64 Å². The van der Waals surface area contributed by atoms with Crippen LogP contribution in [0, 0.1) is 5.41 Å². The van der Waals surface area contributed by atoms with Crippen LogP contribution in [0.1, 0.15) is 37.7 Å². The summed E-state index contributed by atoms with van der Waals surface area (Å²) >= 11 is 2.08. The fourth-order valence-corrected chi connectivity index (χ4v) is 6.02. The first-order chi connectivity index (χ1) is 12.7. The summed E-state index contributed by atoms with van der Waals surface area (Å²) in [7, 11) is 1.69. The summed E-state index contributed by atoms with van der Waals surface area (Å²) in [6, 6.07) is 8.82. The standard InChI is InChI=1S/C21H30N2O2S/c1-25-19-5-2-4-17(14-19)15-22-10-3-8-21(20(22)24)9-11-23(16-21)18-6-12-26-13-7-18/h2,4-5,14,18H,3,6-13,15-16H2,1H3/t21-/m1/s1. The number of benzene rings is 1. The minimum Gasteiger partial charge on any atom is -0.497 e. The predicted molar refractivity (Wildman–Crippen MR) is 107 cm³/mol. The van der Waals surface area contributed by atoms with E-state index in [0.29, 0.717) is 18.5 Å². The SMILES string of the molecule is COc1cccc(CN2CCC[C@]3(CCN(C4CCSCC4)C3)C2=O)c1. The Bertz CT molecular complexity index is 647. The van der Waals surface area contributed by atoms with Crippen molar-refractivity contribution in [1.29, 1.82) is 0 Å². The van der Waals surface area contributed by atoms with Gasteiger partial charge in [0.25, 0.3) is 0 Å². The summed E-state index contributed by atoms with van der Waals surface area (Å²) < 4.78 is 5.33. The van der Waals surface area contributed by atoms with E-state index in [1.807, 2.05) is 12.1 Å². The highest BCUT2D eigenvalue weighted by Crippen LogP contribution is 2.42. The summed E-state index contributed by atoms with van der Waals surface area (Å²) in [6.45, 7) is 3.68. The number of carbonyl (C=O) groups excluding carboxylic acids is 1. The van der Waals surface area contributed by atoms with Gasteiger partial charge >= 0.3 is 0 Å². The van der Waals surface area contributed by atoms with Crippen molar-refractivity contribution in [1.82, 2.24) is 9.80 Å². The summed E-state index contributed by atoms with van der Waals surface area (Å²) in [5.74, 6) is 3.82. The second-order valence-electron chi connectivity index (χ2n) is 8.03. The number of piperidine rings is 1. The zero-order valence-corrected chi connectivity index (χ0v) is 16.6. The molecule has 4 nitrogen and oxygen atoms in total. The fourth-order valence-electron chi connectivity index (χ4n) is 4.94. The molecule has 0 aromatic heterocycles. The third-order valence-corrected chi connectivity index (χ3v) is 7.47. The Balaban J connectivity index is 1.44. The van der Waals surface area contributed by atoms with E-state index < -0.39 is 0 Å². The number of likely N-dealkylation sites (tertiary alicyclic amines) is 2. The first-order valence-electron chi connectivity index (χ1n) is 9.94. The number of hydrogen-bond acceptors (Lipinski definition) is 4. The Morgan fingerprint density at radius 2 is 2.08 bits per heavy atom. The molecule has 3 aliphatic heterocycles. The smallest absolute Gasteiger partial charge is 0.230 e. The quantitative estimate of drug-likeness (QED) is 0.809. The van der Waals surface area contributed by atoms with E-state index in [0.717, 1.165) is 50.2 Å². The van der Waals surface area contributed by atoms with Crippen molar-refractivity contribution in [2.75, 3.05) is 38.2 Å². The average Bonchev–Trinajstić information content (AvgIpc) is 3.12. The zero-order valence-electron chi connectivity index (χ0n) is 15.8. The summed E-state index contributed by atoms with van der Waals surface area (Å²) in [6.07, 6.45) is 5.83. The highest BCUT2D eigenvalue weighted by atomic mass is 32.2. The maximum Gasteiger partial charge on any atom is 0.230 e. The third-order valence-electron chi connectivity index (χ3n) is 6.42. The van der Waals surface area contributed by atoms with Crippen molar-refractivity contribution < 1.29 is 9.53 Å². The molecule has 3 fully saturated rings. The lowest BCUT2D eigenvalue weighted by molar-refractivity contribution is -0.146. The van der Waals surface area contributed by atoms with Crippen LogP contribution in [0.15, 0.2) is 24.3 Å². The maximum absolute atomic E-state index is 13.4. The lowest BCUT2D eigenvalue weighted by Crippen LogP contribution is -2.50. The molecule has 26 heavy (non-hydrogen) atoms. The molecule has 3 aliphatic rings. The summed E-state index contributed by atoms with van der Waals surface area (Å²) in [5, 5.41) is 0. The molecular formula is C21H30N2O2S. The Labute approximate surface area is 161 Å². The minimum absolute atomic E-state index is 0.123. The second-order valence-corrected chi connectivity index (χ2v) is 9.25. The maximum atomic E-state index is 13.4. The molecule has 142 valence electrons. The van der Waals surface area contributed by atoms with Gasteiger partial charge in [-0.15, -0.1) is 0 Å². The number of ether oxygens (including phenoxy) is 1. The average molecular weight is 375 g/mol. The van der Waals surface area contributed by atoms with Crippen molar-refractivity contribution in [2.45, 2.75) is 44.7 Å². The normalized spacial score (nSPS) is 28.0. The molecular weight excluding hydrogens is 344 g/mol. The highest BCUT2D eigenvalue weighted by Gasteiger charge is 2.49. The van der Waals surface area contributed by atoms with Gasteiger partial charge in [0.2, 0.25) is 5.91 Å². The van der Waals surface area contributed by atoms with Crippen molar-refractivity contribution in [3.05, 3.63) is 29.8 Å². The van der Waals surface area contributed by atoms with Crippen LogP contribution in [0.2, 0.25) is 0 Å². The predicted octanol–water partition coefficient (Wildman–Crippen LogP) is 3.41. The van der Waals surface area contributed by atoms with E-state index in [1.165, 1.54) is 24.3 Å². The van der Waals surface area contributed by atoms with E-state index in [1.54, 1.807) is 7.11 Å². The number of rotatable bonds is 4. The van der Waals surface area contributed by atoms with Gasteiger partial charge in [-0.25, -0.2) is 0 Å². The minimum atomic E-state index is -0.123. The van der Waals surface area contributed by atoms with Gasteiger partial charge in [-0.2, -0.15) is 11.8 Å². The molecule has 0 aliphatic carbocycles. The summed E-state index contributed by atoms with van der Waals surface area (Å²) in [5.41, 5.74) is 1.04. The van der Waals surface area contributed by atoms with Crippen molar-refractivity contribution in [3.63, 3.8) is 0 Å². The van der Waals surface area contributed by atoms with Gasteiger partial charge in [-0.05, 0) is 67.9 Å². The van der Waals surface area contributed by atoms with Gasteiger partial charge in [0.15, 0.2) is 0 Å². The number of thioether (sulfide) groups is 1. The number of nitrogens with zero attached hydrogens (tertiary/aromatic N) is 2. The van der Waals surface area contributed by atoms with Crippen LogP contribution in [0.3, 0.4) is 0 Å². The lowest BCUT2D eigenvalue weighted by Gasteiger charge is -2.40. The van der Waals surface area contributed by atoms with Crippen LogP contribution in [0.5, 0.6) is 5.75 Å². The van der Waals surface area contributed by atoms with E-state index in [-0.39, 0.29) is 5.41 Å². The molecule has 3 heterocycles. The molecule has 4 rings (SSSR count). The van der Waals surface area contributed by atoms with Crippen molar-refractivity contribution in [3.8, 4) is 5.75 Å². The van der Waals surface area contributed by atoms with Crippen LogP contribution in [0.25, 0.3) is 0 Å². The molecule has 1 amide bonds. The molecule has 1 aromatic carbocycles. The van der Waals surface area contributed by atoms with E-state index in [4.69, 9.17) is 4.74 Å². The first kappa shape index (κ1) is 18.2. The van der Waals surface area contributed by atoms with Gasteiger partial charge in [-0.3, -0.25) is 9.69 Å². The Morgan fingerprint density at radius 3 is 2.88 bits per heavy atom. The first-order valence-corrected chi connectivity index (χ1v) is 11.1. The van der Waals surface area contributed by atoms with Gasteiger partial charge in [0.05, 0.1) is 12.5 Å². The molecule has 0 unspecified atom stereocenters. The van der Waals surface area contributed by atoms with Gasteiger partial charge in [-0.1, -0.05) is 12.1 Å². The Hall–Kier alpha value is -1.20. The number of amides is 1. The molecule has 0 saturated carbocycles. The van der Waals surface area contributed by atoms with Crippen LogP contribution in [0.4, 0.5) is 0 Å². The fraction of sp³-hybridized carbons (Fsp3) is 0.667. The number of hydrogen-bond donors (Lipinski definition) is 0. The van der Waals surface area contributed by atoms with Crippen molar-refractivity contribution >= 4 is 17.7 Å². The van der Waals surface area contributed by atoms with Crippen molar-refractivity contribution in [2.24, 2.45) is 5.41 Å². The van der Waals surface area contributed by atoms with Gasteiger partial charge in [0, 0.05) is 25.7 Å². The monoisotopic (exact) mass is 374 g/mol. The molecule has 0 N–H and O–H groups in total. The van der Waals surface area contributed by atoms with Gasteiger partial charge in [0.1, 0.15) is 5.75 Å². The molecule has 1 atom stereocenters. The van der Waals surface area contributed by atoms with Crippen LogP contribution >= 0.6 is 11.8 Å². The number of carbonyl (C=O) groups is 1. The summed E-state index contributed by atoms with van der Waals surface area (Å²) in [4.78, 5) is 18.1. The van der Waals surface area contributed by atoms with E-state index in [2.05, 4.69) is 33.7 Å². The molecule has 1 aromatic rings. The third kappa shape index (κ3) is 3.61. The van der Waals surface area contributed by atoms with E-state index in [9.17, 15) is 4.79 Å². The Kier molecular flexibility index (Phi) is 5.46. The highest BCUT2D eigenvalue weighted by molar-refractivity contribution is 7.99. The molecule has 3 saturated heterocycles. The van der Waals surface area contributed by atoms with Crippen LogP contribution in [-0.2, 0) is 11.3 Å². The lowest BCUT2D eigenvalue weighted by atomic mass is 9.78. The number of methoxy groups -OCH3 is 1.